The lowest BCUT2D eigenvalue weighted by atomic mass is 10.0. The second-order valence-corrected chi connectivity index (χ2v) is 6.70. The Kier molecular flexibility index (Phi) is 21.7. The predicted molar refractivity (Wildman–Crippen MR) is 112 cm³/mol. The highest BCUT2D eigenvalue weighted by molar-refractivity contribution is 5.84. The molecule has 11 nitrogen and oxygen atoms in total. The molecule has 0 aliphatic heterocycles. The first-order valence-corrected chi connectivity index (χ1v) is 9.65. The van der Waals surface area contributed by atoms with Gasteiger partial charge in [-0.05, 0) is 26.7 Å². The van der Waals surface area contributed by atoms with Crippen molar-refractivity contribution in [3.05, 3.63) is 0 Å². The third kappa shape index (κ3) is 25.1. The van der Waals surface area contributed by atoms with Crippen molar-refractivity contribution in [2.45, 2.75) is 53.4 Å². The predicted octanol–water partition coefficient (Wildman–Crippen LogP) is 0.475. The summed E-state index contributed by atoms with van der Waals surface area (Å²) in [6, 6.07) is 0. The van der Waals surface area contributed by atoms with Gasteiger partial charge in [-0.2, -0.15) is 0 Å². The number of rotatable bonds is 11. The van der Waals surface area contributed by atoms with E-state index in [2.05, 4.69) is 14.8 Å². The molecule has 0 aromatic carbocycles. The monoisotopic (exact) mass is 448 g/mol. The number of esters is 2. The quantitative estimate of drug-likeness (QED) is 0.376. The maximum absolute atomic E-state index is 11.3. The SMILES string of the molecule is CC(=O)CC[C@H](C)C(=O)O.COC(=O)CN.COC(=O)CNC(=O)[C@@H](C)CCC(C)=O. The fraction of sp³-hybridized carbons (Fsp3) is 0.700. The van der Waals surface area contributed by atoms with E-state index in [9.17, 15) is 28.8 Å². The number of nitrogens with two attached hydrogens (primary N) is 1. The number of nitrogens with one attached hydrogen (secondary N) is 1. The topological polar surface area (TPSA) is 179 Å². The first-order chi connectivity index (χ1) is 14.3. The molecule has 2 atom stereocenters. The Balaban J connectivity index is -0.000000421. The van der Waals surface area contributed by atoms with Crippen molar-refractivity contribution in [1.82, 2.24) is 5.32 Å². The summed E-state index contributed by atoms with van der Waals surface area (Å²) in [5.74, 6) is -2.49. The summed E-state index contributed by atoms with van der Waals surface area (Å²) in [5.41, 5.74) is 4.81. The lowest BCUT2D eigenvalue weighted by Gasteiger charge is -2.10. The average molecular weight is 449 g/mol. The summed E-state index contributed by atoms with van der Waals surface area (Å²) in [5, 5.41) is 10.8. The Morgan fingerprint density at radius 2 is 1.26 bits per heavy atom. The van der Waals surface area contributed by atoms with E-state index in [1.54, 1.807) is 13.8 Å². The zero-order valence-electron chi connectivity index (χ0n) is 19.2. The highest BCUT2D eigenvalue weighted by atomic mass is 16.5. The first-order valence-electron chi connectivity index (χ1n) is 9.65. The van der Waals surface area contributed by atoms with E-state index in [-0.39, 0.29) is 42.5 Å². The van der Waals surface area contributed by atoms with Crippen molar-refractivity contribution < 1.29 is 43.3 Å². The first kappa shape index (κ1) is 32.8. The number of ketones is 2. The summed E-state index contributed by atoms with van der Waals surface area (Å²) < 4.78 is 8.51. The van der Waals surface area contributed by atoms with E-state index in [1.165, 1.54) is 28.1 Å². The van der Waals surface area contributed by atoms with Gasteiger partial charge in [-0.1, -0.05) is 13.8 Å². The van der Waals surface area contributed by atoms with E-state index in [0.29, 0.717) is 25.7 Å². The van der Waals surface area contributed by atoms with Crippen molar-refractivity contribution in [1.29, 1.82) is 0 Å². The number of ether oxygens (including phenoxy) is 2. The van der Waals surface area contributed by atoms with Crippen LogP contribution in [-0.4, -0.2) is 67.8 Å². The van der Waals surface area contributed by atoms with Crippen LogP contribution in [0.25, 0.3) is 0 Å². The molecule has 31 heavy (non-hydrogen) atoms. The summed E-state index contributed by atoms with van der Waals surface area (Å²) >= 11 is 0. The average Bonchev–Trinajstić information content (AvgIpc) is 2.73. The van der Waals surface area contributed by atoms with E-state index in [1.807, 2.05) is 0 Å². The number of hydrogen-bond donors (Lipinski definition) is 3. The van der Waals surface area contributed by atoms with Crippen LogP contribution in [-0.2, 0) is 38.2 Å². The summed E-state index contributed by atoms with van der Waals surface area (Å²) in [4.78, 5) is 63.1. The third-order valence-corrected chi connectivity index (χ3v) is 3.76. The molecule has 0 bridgehead atoms. The van der Waals surface area contributed by atoms with Crippen LogP contribution in [0.4, 0.5) is 0 Å². The van der Waals surface area contributed by atoms with E-state index in [0.717, 1.165) is 0 Å². The van der Waals surface area contributed by atoms with Crippen LogP contribution in [0.15, 0.2) is 0 Å². The molecule has 0 saturated heterocycles. The summed E-state index contributed by atoms with van der Waals surface area (Å²) in [7, 11) is 2.56. The van der Waals surface area contributed by atoms with Gasteiger partial charge < -0.3 is 35.2 Å². The minimum absolute atomic E-state index is 0.0312. The van der Waals surface area contributed by atoms with Crippen molar-refractivity contribution in [2.75, 3.05) is 27.3 Å². The molecule has 4 N–H and O–H groups in total. The van der Waals surface area contributed by atoms with Gasteiger partial charge in [0, 0.05) is 18.8 Å². The van der Waals surface area contributed by atoms with Crippen LogP contribution < -0.4 is 11.1 Å². The molecule has 0 aliphatic rings. The van der Waals surface area contributed by atoms with Gasteiger partial charge in [0.25, 0.3) is 0 Å². The molecule has 0 aliphatic carbocycles. The molecule has 1 amide bonds. The molecule has 0 rings (SSSR count). The minimum atomic E-state index is -0.832. The van der Waals surface area contributed by atoms with Gasteiger partial charge in [-0.25, -0.2) is 0 Å². The van der Waals surface area contributed by atoms with Crippen LogP contribution >= 0.6 is 0 Å². The maximum Gasteiger partial charge on any atom is 0.325 e. The molecule has 180 valence electrons. The van der Waals surface area contributed by atoms with Gasteiger partial charge in [0.15, 0.2) is 0 Å². The Labute approximate surface area is 183 Å². The van der Waals surface area contributed by atoms with Gasteiger partial charge in [-0.15, -0.1) is 0 Å². The number of carboxylic acid groups (broad SMARTS) is 1. The third-order valence-electron chi connectivity index (χ3n) is 3.76. The number of carboxylic acids is 1. The molecule has 0 saturated carbocycles. The van der Waals surface area contributed by atoms with Crippen molar-refractivity contribution in [3.8, 4) is 0 Å². The smallest absolute Gasteiger partial charge is 0.325 e. The Bertz CT molecular complexity index is 585. The van der Waals surface area contributed by atoms with Gasteiger partial charge >= 0.3 is 17.9 Å². The largest absolute Gasteiger partial charge is 0.481 e. The highest BCUT2D eigenvalue weighted by Crippen LogP contribution is 2.06. The molecule has 0 unspecified atom stereocenters. The zero-order valence-corrected chi connectivity index (χ0v) is 19.2. The number of methoxy groups -OCH3 is 2. The number of carbonyl (C=O) groups is 6. The highest BCUT2D eigenvalue weighted by Gasteiger charge is 2.14. The van der Waals surface area contributed by atoms with Crippen LogP contribution in [0.2, 0.25) is 0 Å². The van der Waals surface area contributed by atoms with Crippen molar-refractivity contribution >= 4 is 35.4 Å². The normalized spacial score (nSPS) is 11.2. The standard InChI is InChI=1S/C10H17NO4.C7H12O3.C3H7NO2/c1-7(4-5-8(2)12)10(14)11-6-9(13)15-3;1-5(7(9)10)3-4-6(2)8;1-6-3(5)2-4/h7H,4-6H2,1-3H3,(H,11,14);5H,3-4H2,1-2H3,(H,9,10);2,4H2,1H3/t7-;5-;/m00./s1. The zero-order chi connectivity index (χ0) is 25.0. The fourth-order valence-electron chi connectivity index (χ4n) is 1.58. The molecule has 0 fully saturated rings. The Morgan fingerprint density at radius 1 is 0.839 bits per heavy atom. The second kappa shape index (κ2) is 20.5. The Hall–Kier alpha value is -2.82. The van der Waals surface area contributed by atoms with E-state index < -0.39 is 17.9 Å². The number of hydrogen-bond acceptors (Lipinski definition) is 9. The minimum Gasteiger partial charge on any atom is -0.481 e. The molecule has 0 spiro atoms. The number of aliphatic carboxylic acids is 1. The number of Topliss-reactive ketones (excluding diaryl/α,β-unsaturated/α-hetero) is 2. The molecule has 0 aromatic heterocycles. The van der Waals surface area contributed by atoms with Crippen molar-refractivity contribution in [2.24, 2.45) is 17.6 Å². The maximum atomic E-state index is 11.3. The molecule has 0 aromatic rings. The van der Waals surface area contributed by atoms with Gasteiger partial charge in [-0.3, -0.25) is 19.2 Å². The molecular formula is C20H36N2O9. The fourth-order valence-corrected chi connectivity index (χ4v) is 1.58. The summed E-state index contributed by atoms with van der Waals surface area (Å²) in [6.45, 7) is 6.12. The lowest BCUT2D eigenvalue weighted by Crippen LogP contribution is -2.34. The van der Waals surface area contributed by atoms with E-state index in [4.69, 9.17) is 10.8 Å². The van der Waals surface area contributed by atoms with Gasteiger partial charge in [0.2, 0.25) is 5.91 Å². The van der Waals surface area contributed by atoms with Gasteiger partial charge in [0.1, 0.15) is 18.1 Å². The Morgan fingerprint density at radius 3 is 1.55 bits per heavy atom. The molecule has 0 heterocycles. The molecule has 11 heteroatoms. The van der Waals surface area contributed by atoms with Crippen LogP contribution in [0, 0.1) is 11.8 Å². The van der Waals surface area contributed by atoms with Crippen molar-refractivity contribution in [3.63, 3.8) is 0 Å². The lowest BCUT2D eigenvalue weighted by molar-refractivity contribution is -0.142. The molecule has 0 radical (unpaired) electrons. The van der Waals surface area contributed by atoms with Crippen LogP contribution in [0.5, 0.6) is 0 Å². The number of carbonyl (C=O) groups excluding carboxylic acids is 5. The summed E-state index contributed by atoms with van der Waals surface area (Å²) in [6.07, 6.45) is 1.70. The van der Waals surface area contributed by atoms with E-state index >= 15 is 0 Å². The van der Waals surface area contributed by atoms with Crippen LogP contribution in [0.3, 0.4) is 0 Å². The molecular weight excluding hydrogens is 412 g/mol. The van der Waals surface area contributed by atoms with Gasteiger partial charge in [0.05, 0.1) is 26.7 Å². The number of amides is 1. The second-order valence-electron chi connectivity index (χ2n) is 6.70. The van der Waals surface area contributed by atoms with Crippen LogP contribution in [0.1, 0.15) is 53.4 Å².